The van der Waals surface area contributed by atoms with Crippen LogP contribution in [0.1, 0.15) is 56.4 Å². The molecule has 8 rings (SSSR count). The van der Waals surface area contributed by atoms with Crippen molar-refractivity contribution >= 4 is 51.3 Å². The van der Waals surface area contributed by atoms with Crippen LogP contribution in [0, 0.1) is 11.7 Å². The molecule has 14 nitrogen and oxygen atoms in total. The quantitative estimate of drug-likeness (QED) is 0.207. The summed E-state index contributed by atoms with van der Waals surface area (Å²) in [5.41, 5.74) is 3.01. The maximum atomic E-state index is 15.0. The van der Waals surface area contributed by atoms with E-state index in [1.54, 1.807) is 0 Å². The van der Waals surface area contributed by atoms with Crippen molar-refractivity contribution in [2.24, 2.45) is 13.0 Å². The summed E-state index contributed by atoms with van der Waals surface area (Å²) in [4.78, 5) is 39.0. The van der Waals surface area contributed by atoms with Gasteiger partial charge in [-0.25, -0.2) is 27.7 Å². The van der Waals surface area contributed by atoms with Gasteiger partial charge in [0.15, 0.2) is 11.6 Å². The molecule has 4 aliphatic heterocycles. The first-order valence-corrected chi connectivity index (χ1v) is 20.7. The number of piperidine rings is 3. The molecule has 57 heavy (non-hydrogen) atoms. The number of amides is 3. The summed E-state index contributed by atoms with van der Waals surface area (Å²) in [6, 6.07) is 10.7. The third-order valence-corrected chi connectivity index (χ3v) is 13.1. The van der Waals surface area contributed by atoms with E-state index in [0.29, 0.717) is 61.0 Å². The number of aromatic nitrogens is 4. The van der Waals surface area contributed by atoms with Crippen molar-refractivity contribution < 1.29 is 31.7 Å². The minimum Gasteiger partial charge on any atom is -0.432 e. The minimum atomic E-state index is -2.94. The van der Waals surface area contributed by atoms with Gasteiger partial charge < -0.3 is 19.9 Å². The van der Waals surface area contributed by atoms with Gasteiger partial charge in [-0.3, -0.25) is 19.7 Å². The first-order valence-electron chi connectivity index (χ1n) is 19.6. The lowest BCUT2D eigenvalue weighted by molar-refractivity contribution is -0.120. The van der Waals surface area contributed by atoms with Gasteiger partial charge in [0.25, 0.3) is 0 Å². The van der Waals surface area contributed by atoms with Crippen LogP contribution in [0.4, 0.5) is 35.4 Å². The van der Waals surface area contributed by atoms with Crippen LogP contribution in [0.25, 0.3) is 10.9 Å². The van der Waals surface area contributed by atoms with Crippen LogP contribution in [0.5, 0.6) is 5.75 Å². The van der Waals surface area contributed by atoms with Crippen molar-refractivity contribution in [3.8, 4) is 5.75 Å². The number of carbonyl (C=O) groups is 2. The first-order chi connectivity index (χ1) is 27.6. The normalized spacial score (nSPS) is 20.4. The molecule has 0 bridgehead atoms. The van der Waals surface area contributed by atoms with E-state index in [2.05, 4.69) is 58.4 Å². The summed E-state index contributed by atoms with van der Waals surface area (Å²) in [6.07, 6.45) is 8.08. The number of fused-ring (bicyclic) bond motifs is 1. The van der Waals surface area contributed by atoms with Gasteiger partial charge in [0.2, 0.25) is 11.9 Å². The van der Waals surface area contributed by atoms with Crippen LogP contribution in [0.2, 0.25) is 0 Å². The van der Waals surface area contributed by atoms with Crippen molar-refractivity contribution in [3.63, 3.8) is 0 Å². The highest BCUT2D eigenvalue weighted by Gasteiger charge is 2.30. The fraction of sp³-hybridized carbons (Fsp3) is 0.513. The first kappa shape index (κ1) is 39.0. The number of benzene rings is 2. The minimum absolute atomic E-state index is 0.0144. The molecule has 4 aliphatic rings. The molecule has 4 fully saturated rings. The second kappa shape index (κ2) is 17.0. The highest BCUT2D eigenvalue weighted by Crippen LogP contribution is 2.35. The number of aryl methyl sites for hydroxylation is 1. The average molecular weight is 809 g/mol. The van der Waals surface area contributed by atoms with Crippen molar-refractivity contribution in [2.75, 3.05) is 67.5 Å². The van der Waals surface area contributed by atoms with Gasteiger partial charge >= 0.3 is 12.6 Å². The number of hydrogen-bond donors (Lipinski definition) is 2. The van der Waals surface area contributed by atoms with E-state index in [-0.39, 0.29) is 24.1 Å². The van der Waals surface area contributed by atoms with Crippen molar-refractivity contribution in [1.82, 2.24) is 34.3 Å². The van der Waals surface area contributed by atoms with E-state index < -0.39 is 29.4 Å². The monoisotopic (exact) mass is 808 g/mol. The Bertz CT molecular complexity index is 2100. The molecule has 0 aliphatic carbocycles. The number of likely N-dealkylation sites (tertiary alicyclic amines) is 1. The number of alkyl halides is 2. The Kier molecular flexibility index (Phi) is 11.6. The molecule has 4 aromatic rings. The van der Waals surface area contributed by atoms with Gasteiger partial charge in [0.05, 0.1) is 22.8 Å². The number of imide groups is 1. The third-order valence-electron chi connectivity index (χ3n) is 11.7. The Morgan fingerprint density at radius 2 is 1.67 bits per heavy atom. The third kappa shape index (κ3) is 9.02. The molecule has 304 valence electrons. The molecule has 0 saturated carbocycles. The summed E-state index contributed by atoms with van der Waals surface area (Å²) in [7, 11) is 0.363. The van der Waals surface area contributed by atoms with Gasteiger partial charge in [-0.15, -0.1) is 0 Å². The summed E-state index contributed by atoms with van der Waals surface area (Å²) in [5.74, 6) is 1.09. The molecule has 2 aromatic heterocycles. The summed E-state index contributed by atoms with van der Waals surface area (Å²) < 4.78 is 61.4. The second-order valence-corrected chi connectivity index (χ2v) is 16.8. The second-order valence-electron chi connectivity index (χ2n) is 15.3. The number of urea groups is 1. The lowest BCUT2D eigenvalue weighted by atomic mass is 9.88. The molecule has 3 amide bonds. The molecule has 0 radical (unpaired) electrons. The molecule has 2 N–H and O–H groups in total. The van der Waals surface area contributed by atoms with Crippen LogP contribution in [0.15, 0.2) is 53.7 Å². The molecule has 1 unspecified atom stereocenters. The molecule has 0 spiro atoms. The number of nitrogens with zero attached hydrogens (tertiary/aromatic N) is 8. The van der Waals surface area contributed by atoms with Gasteiger partial charge in [-0.05, 0) is 99.3 Å². The summed E-state index contributed by atoms with van der Waals surface area (Å²) >= 11 is 0. The van der Waals surface area contributed by atoms with Crippen LogP contribution in [-0.4, -0.2) is 110 Å². The predicted molar refractivity (Wildman–Crippen MR) is 209 cm³/mol. The zero-order valence-electron chi connectivity index (χ0n) is 31.8. The Hall–Kier alpha value is -4.81. The summed E-state index contributed by atoms with van der Waals surface area (Å²) in [5, 5.41) is 11.1. The number of carbonyl (C=O) groups excluding carboxylic acids is 2. The topological polar surface area (TPSA) is 141 Å². The zero-order chi connectivity index (χ0) is 39.6. The fourth-order valence-electron chi connectivity index (χ4n) is 8.55. The zero-order valence-corrected chi connectivity index (χ0v) is 32.6. The summed E-state index contributed by atoms with van der Waals surface area (Å²) in [6.45, 7) is 3.13. The maximum absolute atomic E-state index is 15.0. The Morgan fingerprint density at radius 1 is 0.930 bits per heavy atom. The largest absolute Gasteiger partial charge is 0.432 e. The standard InChI is InChI=1S/C39H47F3N10O4S/c1-48-34-18-27(2-3-33(34)36(47-48)52-17-10-35(53)46-39(52)54)26-6-11-49(12-7-26)24-25-4-13-50(14-5-25)30-19-28(40)20-32(21-30)57(55)51-15-8-29(9-16-51)45-38-43-22-31(23-44-38)56-37(41)42/h2-3,18-23,25-26,29,37H,4-17,24H2,1H3,(H,43,44,45)(H,46,53,54). The number of anilines is 3. The molecular weight excluding hydrogens is 762 g/mol. The van der Waals surface area contributed by atoms with Gasteiger partial charge in [-0.2, -0.15) is 13.9 Å². The number of nitrogens with one attached hydrogen (secondary N) is 2. The van der Waals surface area contributed by atoms with Gasteiger partial charge in [0.1, 0.15) is 16.8 Å². The lowest BCUT2D eigenvalue weighted by Crippen LogP contribution is -2.49. The lowest BCUT2D eigenvalue weighted by Gasteiger charge is -2.38. The van der Waals surface area contributed by atoms with Crippen LogP contribution < -0.4 is 25.2 Å². The highest BCUT2D eigenvalue weighted by molar-refractivity contribution is 7.82. The number of rotatable bonds is 11. The predicted octanol–water partition coefficient (Wildman–Crippen LogP) is 5.25. The Labute approximate surface area is 331 Å². The molecule has 2 aromatic carbocycles. The Balaban J connectivity index is 0.794. The number of hydrogen-bond acceptors (Lipinski definition) is 10. The Morgan fingerprint density at radius 3 is 2.37 bits per heavy atom. The van der Waals surface area contributed by atoms with Crippen molar-refractivity contribution in [1.29, 1.82) is 0 Å². The van der Waals surface area contributed by atoms with E-state index in [9.17, 15) is 27.0 Å². The van der Waals surface area contributed by atoms with Crippen LogP contribution in [-0.2, 0) is 22.8 Å². The molecule has 1 atom stereocenters. The number of ether oxygens (including phenoxy) is 1. The van der Waals surface area contributed by atoms with E-state index in [4.69, 9.17) is 0 Å². The molecule has 6 heterocycles. The molecule has 18 heteroatoms. The van der Waals surface area contributed by atoms with Crippen LogP contribution in [0.3, 0.4) is 0 Å². The van der Waals surface area contributed by atoms with Gasteiger partial charge in [0, 0.05) is 69.9 Å². The van der Waals surface area contributed by atoms with E-state index in [1.165, 1.54) is 35.0 Å². The van der Waals surface area contributed by atoms with E-state index in [0.717, 1.165) is 75.0 Å². The van der Waals surface area contributed by atoms with E-state index >= 15 is 0 Å². The van der Waals surface area contributed by atoms with E-state index in [1.807, 2.05) is 22.1 Å². The average Bonchev–Trinajstić information content (AvgIpc) is 3.53. The van der Waals surface area contributed by atoms with Crippen LogP contribution >= 0.6 is 0 Å². The fourth-order valence-corrected chi connectivity index (χ4v) is 9.82. The SMILES string of the molecule is Cn1nc(N2CCC(=O)NC2=O)c2ccc(C3CCN(CC4CCN(c5cc(F)cc(S(=O)N6CCC(Nc7ncc(OC(F)F)cn7)CC6)c5)CC4)CC3)cc21. The van der Waals surface area contributed by atoms with Crippen molar-refractivity contribution in [3.05, 3.63) is 60.2 Å². The van der Waals surface area contributed by atoms with Gasteiger partial charge in [-0.1, -0.05) is 6.07 Å². The molecular formula is C39H47F3N10O4S. The molecule has 4 saturated heterocycles. The van der Waals surface area contributed by atoms with Crippen molar-refractivity contribution in [2.45, 2.75) is 68.4 Å². The maximum Gasteiger partial charge on any atom is 0.387 e. The highest BCUT2D eigenvalue weighted by atomic mass is 32.2. The smallest absolute Gasteiger partial charge is 0.387 e. The number of halogens is 3.